The molecule has 1 atom stereocenters. The monoisotopic (exact) mass is 298 g/mol. The summed E-state index contributed by atoms with van der Waals surface area (Å²) < 4.78 is 44.5. The van der Waals surface area contributed by atoms with Crippen LogP contribution in [0.3, 0.4) is 0 Å². The van der Waals surface area contributed by atoms with Crippen LogP contribution in [-0.2, 0) is 6.18 Å². The van der Waals surface area contributed by atoms with Gasteiger partial charge in [0.2, 0.25) is 5.91 Å². The summed E-state index contributed by atoms with van der Waals surface area (Å²) in [5.41, 5.74) is -0.313. The maximum atomic E-state index is 12.6. The number of carbonyl (C=O) groups is 1. The van der Waals surface area contributed by atoms with Gasteiger partial charge in [-0.1, -0.05) is 6.07 Å². The molecule has 2 aromatic rings. The molecule has 1 heterocycles. The second-order valence-corrected chi connectivity index (χ2v) is 4.47. The molecular weight excluding hydrogens is 285 g/mol. The lowest BCUT2D eigenvalue weighted by molar-refractivity contribution is -0.137. The normalized spacial score (nSPS) is 13.0. The van der Waals surface area contributed by atoms with E-state index in [1.807, 2.05) is 0 Å². The maximum absolute atomic E-state index is 12.6. The SMILES string of the molecule is CC(=O)n1nccc1[C@H](C)Oc1cccc(C(F)(F)F)c1. The molecule has 112 valence electrons. The number of hydrogen-bond donors (Lipinski definition) is 0. The van der Waals surface area contributed by atoms with E-state index >= 15 is 0 Å². The molecule has 0 spiro atoms. The highest BCUT2D eigenvalue weighted by atomic mass is 19.4. The van der Waals surface area contributed by atoms with E-state index in [2.05, 4.69) is 5.10 Å². The van der Waals surface area contributed by atoms with Crippen molar-refractivity contribution < 1.29 is 22.7 Å². The Bertz CT molecular complexity index is 650. The molecule has 0 aliphatic carbocycles. The third-order valence-corrected chi connectivity index (χ3v) is 2.86. The standard InChI is InChI=1S/C14H13F3N2O2/c1-9(13-6-7-18-19(13)10(2)20)21-12-5-3-4-11(8-12)14(15,16)17/h3-9H,1-2H3/t9-/m0/s1. The molecule has 1 aromatic carbocycles. The van der Waals surface area contributed by atoms with Crippen LogP contribution < -0.4 is 4.74 Å². The summed E-state index contributed by atoms with van der Waals surface area (Å²) in [4.78, 5) is 11.4. The zero-order valence-corrected chi connectivity index (χ0v) is 11.4. The number of alkyl halides is 3. The van der Waals surface area contributed by atoms with Gasteiger partial charge in [0.15, 0.2) is 0 Å². The quantitative estimate of drug-likeness (QED) is 0.867. The van der Waals surface area contributed by atoms with Crippen molar-refractivity contribution in [3.63, 3.8) is 0 Å². The first-order valence-electron chi connectivity index (χ1n) is 6.18. The fourth-order valence-electron chi connectivity index (χ4n) is 1.89. The number of hydrogen-bond acceptors (Lipinski definition) is 3. The lowest BCUT2D eigenvalue weighted by Gasteiger charge is -2.16. The summed E-state index contributed by atoms with van der Waals surface area (Å²) in [6, 6.07) is 6.18. The van der Waals surface area contributed by atoms with Gasteiger partial charge in [0.05, 0.1) is 11.3 Å². The molecule has 0 aliphatic rings. The van der Waals surface area contributed by atoms with Gasteiger partial charge >= 0.3 is 6.18 Å². The van der Waals surface area contributed by atoms with Crippen LogP contribution in [0.2, 0.25) is 0 Å². The number of ether oxygens (including phenoxy) is 1. The first-order valence-corrected chi connectivity index (χ1v) is 6.18. The Balaban J connectivity index is 2.22. The number of benzene rings is 1. The van der Waals surface area contributed by atoms with Crippen LogP contribution in [0.1, 0.15) is 36.0 Å². The average molecular weight is 298 g/mol. The summed E-state index contributed by atoms with van der Waals surface area (Å²) in [5.74, 6) is -0.219. The highest BCUT2D eigenvalue weighted by Gasteiger charge is 2.30. The molecule has 0 bridgehead atoms. The molecule has 0 aliphatic heterocycles. The number of halogens is 3. The predicted octanol–water partition coefficient (Wildman–Crippen LogP) is 3.70. The van der Waals surface area contributed by atoms with E-state index in [-0.39, 0.29) is 11.7 Å². The van der Waals surface area contributed by atoms with E-state index in [0.29, 0.717) is 5.69 Å². The third-order valence-electron chi connectivity index (χ3n) is 2.86. The molecule has 1 aromatic heterocycles. The predicted molar refractivity (Wildman–Crippen MR) is 69.0 cm³/mol. The molecule has 2 rings (SSSR count). The van der Waals surface area contributed by atoms with Gasteiger partial charge in [-0.3, -0.25) is 4.79 Å². The van der Waals surface area contributed by atoms with Gasteiger partial charge in [0, 0.05) is 13.1 Å². The first-order chi connectivity index (χ1) is 9.79. The van der Waals surface area contributed by atoms with Gasteiger partial charge in [-0.25, -0.2) is 4.68 Å². The molecule has 0 saturated heterocycles. The molecule has 0 N–H and O–H groups in total. The van der Waals surface area contributed by atoms with Crippen LogP contribution in [-0.4, -0.2) is 15.7 Å². The second-order valence-electron chi connectivity index (χ2n) is 4.47. The topological polar surface area (TPSA) is 44.1 Å². The number of nitrogens with zero attached hydrogens (tertiary/aromatic N) is 2. The first kappa shape index (κ1) is 15.1. The number of aromatic nitrogens is 2. The van der Waals surface area contributed by atoms with Gasteiger partial charge in [-0.2, -0.15) is 18.3 Å². The van der Waals surface area contributed by atoms with Crippen molar-refractivity contribution in [2.24, 2.45) is 0 Å². The zero-order valence-electron chi connectivity index (χ0n) is 11.4. The van der Waals surface area contributed by atoms with E-state index < -0.39 is 17.8 Å². The molecule has 0 fully saturated rings. The summed E-state index contributed by atoms with van der Waals surface area (Å²) in [6.07, 6.45) is -3.60. The van der Waals surface area contributed by atoms with E-state index in [4.69, 9.17) is 4.74 Å². The molecule has 0 amide bonds. The average Bonchev–Trinajstić information content (AvgIpc) is 2.87. The van der Waals surface area contributed by atoms with E-state index in [1.54, 1.807) is 13.0 Å². The maximum Gasteiger partial charge on any atom is 0.416 e. The van der Waals surface area contributed by atoms with Crippen molar-refractivity contribution >= 4 is 5.91 Å². The van der Waals surface area contributed by atoms with Gasteiger partial charge in [0.1, 0.15) is 11.9 Å². The smallest absolute Gasteiger partial charge is 0.416 e. The molecule has 4 nitrogen and oxygen atoms in total. The van der Waals surface area contributed by atoms with E-state index in [1.165, 1.54) is 25.3 Å². The van der Waals surface area contributed by atoms with Crippen LogP contribution in [0.25, 0.3) is 0 Å². The molecule has 0 unspecified atom stereocenters. The van der Waals surface area contributed by atoms with E-state index in [0.717, 1.165) is 16.8 Å². The summed E-state index contributed by atoms with van der Waals surface area (Å²) in [6.45, 7) is 2.98. The molecular formula is C14H13F3N2O2. The summed E-state index contributed by atoms with van der Waals surface area (Å²) in [5, 5.41) is 3.84. The highest BCUT2D eigenvalue weighted by Crippen LogP contribution is 2.32. The molecule has 0 saturated carbocycles. The largest absolute Gasteiger partial charge is 0.484 e. The van der Waals surface area contributed by atoms with E-state index in [9.17, 15) is 18.0 Å². The molecule has 7 heteroatoms. The fraction of sp³-hybridized carbons (Fsp3) is 0.286. The highest BCUT2D eigenvalue weighted by molar-refractivity contribution is 5.75. The van der Waals surface area contributed by atoms with Crippen molar-refractivity contribution in [3.05, 3.63) is 47.8 Å². The Labute approximate surface area is 119 Å². The second kappa shape index (κ2) is 5.59. The Morgan fingerprint density at radius 3 is 2.67 bits per heavy atom. The Hall–Kier alpha value is -2.31. The van der Waals surface area contributed by atoms with Crippen LogP contribution in [0.15, 0.2) is 36.5 Å². The van der Waals surface area contributed by atoms with Crippen LogP contribution >= 0.6 is 0 Å². The summed E-state index contributed by atoms with van der Waals surface area (Å²) in [7, 11) is 0. The Kier molecular flexibility index (Phi) is 4.02. The van der Waals surface area contributed by atoms with Crippen LogP contribution in [0.4, 0.5) is 13.2 Å². The molecule has 21 heavy (non-hydrogen) atoms. The van der Waals surface area contributed by atoms with Crippen molar-refractivity contribution in [1.82, 2.24) is 9.78 Å². The lowest BCUT2D eigenvalue weighted by Crippen LogP contribution is -2.16. The number of rotatable bonds is 3. The zero-order chi connectivity index (χ0) is 15.6. The van der Waals surface area contributed by atoms with Crippen molar-refractivity contribution in [3.8, 4) is 5.75 Å². The summed E-state index contributed by atoms with van der Waals surface area (Å²) >= 11 is 0. The van der Waals surface area contributed by atoms with Gasteiger partial charge < -0.3 is 4.74 Å². The van der Waals surface area contributed by atoms with Crippen molar-refractivity contribution in [2.75, 3.05) is 0 Å². The van der Waals surface area contributed by atoms with Crippen molar-refractivity contribution in [2.45, 2.75) is 26.1 Å². The van der Waals surface area contributed by atoms with Gasteiger partial charge in [-0.15, -0.1) is 0 Å². The third kappa shape index (κ3) is 3.42. The van der Waals surface area contributed by atoms with Gasteiger partial charge in [0.25, 0.3) is 0 Å². The van der Waals surface area contributed by atoms with Crippen molar-refractivity contribution in [1.29, 1.82) is 0 Å². The Morgan fingerprint density at radius 2 is 2.05 bits per heavy atom. The minimum atomic E-state index is -4.43. The lowest BCUT2D eigenvalue weighted by atomic mass is 10.2. The Morgan fingerprint density at radius 1 is 1.33 bits per heavy atom. The van der Waals surface area contributed by atoms with Gasteiger partial charge in [-0.05, 0) is 31.2 Å². The minimum Gasteiger partial charge on any atom is -0.484 e. The minimum absolute atomic E-state index is 0.0774. The molecule has 0 radical (unpaired) electrons. The fourth-order valence-corrected chi connectivity index (χ4v) is 1.89. The van der Waals surface area contributed by atoms with Crippen LogP contribution in [0.5, 0.6) is 5.75 Å². The number of carbonyl (C=O) groups excluding carboxylic acids is 1. The van der Waals surface area contributed by atoms with Crippen LogP contribution in [0, 0.1) is 0 Å².